The van der Waals surface area contributed by atoms with Crippen LogP contribution in [0.2, 0.25) is 0 Å². The van der Waals surface area contributed by atoms with Gasteiger partial charge in [0.1, 0.15) is 5.75 Å². The lowest BCUT2D eigenvalue weighted by Gasteiger charge is -2.33. The Bertz CT molecular complexity index is 881. The summed E-state index contributed by atoms with van der Waals surface area (Å²) < 4.78 is 15.7. The van der Waals surface area contributed by atoms with Crippen molar-refractivity contribution in [2.75, 3.05) is 33.3 Å². The summed E-state index contributed by atoms with van der Waals surface area (Å²) in [4.78, 5) is 20.8. The second-order valence-electron chi connectivity index (χ2n) is 6.29. The molecule has 0 aliphatic carbocycles. The molecule has 1 amide bonds. The van der Waals surface area contributed by atoms with Crippen LogP contribution in [0.1, 0.15) is 16.4 Å². The van der Waals surface area contributed by atoms with E-state index in [4.69, 9.17) is 13.7 Å². The Kier molecular flexibility index (Phi) is 4.88. The first-order chi connectivity index (χ1) is 13.2. The Morgan fingerprint density at radius 1 is 1.15 bits per heavy atom. The number of benzene rings is 1. The fourth-order valence-corrected chi connectivity index (χ4v) is 3.03. The minimum absolute atomic E-state index is 0.0702. The summed E-state index contributed by atoms with van der Waals surface area (Å²) in [6.45, 7) is 3.32. The molecule has 3 aromatic rings. The SMILES string of the molecule is COc1ccc(-c2noc(CN3CCN(C(=O)c4ccco4)CC3)n2)cc1. The Balaban J connectivity index is 1.33. The van der Waals surface area contributed by atoms with E-state index in [0.717, 1.165) is 24.4 Å². The molecule has 8 nitrogen and oxygen atoms in total. The van der Waals surface area contributed by atoms with E-state index in [9.17, 15) is 4.79 Å². The van der Waals surface area contributed by atoms with E-state index in [1.54, 1.807) is 24.1 Å². The topological polar surface area (TPSA) is 84.8 Å². The molecule has 0 bridgehead atoms. The summed E-state index contributed by atoms with van der Waals surface area (Å²) in [5.41, 5.74) is 0.875. The quantitative estimate of drug-likeness (QED) is 0.683. The molecule has 1 aliphatic rings. The first-order valence-corrected chi connectivity index (χ1v) is 8.75. The average molecular weight is 368 g/mol. The molecular formula is C19H20N4O4. The maximum Gasteiger partial charge on any atom is 0.289 e. The van der Waals surface area contributed by atoms with Gasteiger partial charge >= 0.3 is 0 Å². The lowest BCUT2D eigenvalue weighted by atomic mass is 10.2. The van der Waals surface area contributed by atoms with Gasteiger partial charge in [-0.2, -0.15) is 4.98 Å². The molecule has 27 heavy (non-hydrogen) atoms. The molecule has 1 aromatic carbocycles. The van der Waals surface area contributed by atoms with Crippen LogP contribution in [0.3, 0.4) is 0 Å². The van der Waals surface area contributed by atoms with Gasteiger partial charge in [0.25, 0.3) is 5.91 Å². The number of carbonyl (C=O) groups excluding carboxylic acids is 1. The zero-order chi connectivity index (χ0) is 18.6. The van der Waals surface area contributed by atoms with Crippen LogP contribution in [0.15, 0.2) is 51.6 Å². The molecule has 1 saturated heterocycles. The van der Waals surface area contributed by atoms with E-state index < -0.39 is 0 Å². The Labute approximate surface area is 156 Å². The molecule has 1 aliphatic heterocycles. The van der Waals surface area contributed by atoms with Crippen molar-refractivity contribution in [1.29, 1.82) is 0 Å². The summed E-state index contributed by atoms with van der Waals surface area (Å²) >= 11 is 0. The molecule has 2 aromatic heterocycles. The summed E-state index contributed by atoms with van der Waals surface area (Å²) in [5.74, 6) is 2.21. The smallest absolute Gasteiger partial charge is 0.289 e. The number of hydrogen-bond donors (Lipinski definition) is 0. The van der Waals surface area contributed by atoms with E-state index in [0.29, 0.717) is 37.1 Å². The Morgan fingerprint density at radius 2 is 1.93 bits per heavy atom. The zero-order valence-electron chi connectivity index (χ0n) is 15.0. The maximum absolute atomic E-state index is 12.3. The minimum atomic E-state index is -0.0702. The minimum Gasteiger partial charge on any atom is -0.497 e. The predicted molar refractivity (Wildman–Crippen MR) is 96.2 cm³/mol. The van der Waals surface area contributed by atoms with Crippen molar-refractivity contribution in [3.63, 3.8) is 0 Å². The monoisotopic (exact) mass is 368 g/mol. The maximum atomic E-state index is 12.3. The molecule has 0 N–H and O–H groups in total. The molecule has 140 valence electrons. The number of aromatic nitrogens is 2. The van der Waals surface area contributed by atoms with Crippen LogP contribution in [-0.2, 0) is 6.54 Å². The lowest BCUT2D eigenvalue weighted by molar-refractivity contribution is 0.0585. The first kappa shape index (κ1) is 17.3. The van der Waals surface area contributed by atoms with Crippen molar-refractivity contribution in [3.05, 3.63) is 54.3 Å². The largest absolute Gasteiger partial charge is 0.497 e. The third-order valence-electron chi connectivity index (χ3n) is 4.57. The molecule has 0 spiro atoms. The number of hydrogen-bond acceptors (Lipinski definition) is 7. The van der Waals surface area contributed by atoms with Crippen LogP contribution in [-0.4, -0.2) is 59.1 Å². The number of amides is 1. The van der Waals surface area contributed by atoms with Gasteiger partial charge in [0.15, 0.2) is 5.76 Å². The van der Waals surface area contributed by atoms with Gasteiger partial charge in [0, 0.05) is 31.7 Å². The van der Waals surface area contributed by atoms with Crippen molar-refractivity contribution in [2.24, 2.45) is 0 Å². The van der Waals surface area contributed by atoms with Crippen molar-refractivity contribution in [2.45, 2.75) is 6.54 Å². The fraction of sp³-hybridized carbons (Fsp3) is 0.316. The van der Waals surface area contributed by atoms with Gasteiger partial charge in [-0.1, -0.05) is 5.16 Å². The average Bonchev–Trinajstić information content (AvgIpc) is 3.40. The Morgan fingerprint density at radius 3 is 2.59 bits per heavy atom. The van der Waals surface area contributed by atoms with E-state index in [2.05, 4.69) is 15.0 Å². The third-order valence-corrected chi connectivity index (χ3v) is 4.57. The van der Waals surface area contributed by atoms with Crippen molar-refractivity contribution < 1.29 is 18.5 Å². The zero-order valence-corrected chi connectivity index (χ0v) is 15.0. The van der Waals surface area contributed by atoms with Crippen molar-refractivity contribution in [3.8, 4) is 17.1 Å². The van der Waals surface area contributed by atoms with Gasteiger partial charge < -0.3 is 18.6 Å². The van der Waals surface area contributed by atoms with Crippen molar-refractivity contribution in [1.82, 2.24) is 19.9 Å². The summed E-state index contributed by atoms with van der Waals surface area (Å²) in [6.07, 6.45) is 1.51. The second-order valence-corrected chi connectivity index (χ2v) is 6.29. The Hall–Kier alpha value is -3.13. The second kappa shape index (κ2) is 7.63. The molecule has 8 heteroatoms. The number of nitrogens with zero attached hydrogens (tertiary/aromatic N) is 4. The lowest BCUT2D eigenvalue weighted by Crippen LogP contribution is -2.48. The van der Waals surface area contributed by atoms with Gasteiger partial charge in [-0.25, -0.2) is 0 Å². The number of carbonyl (C=O) groups is 1. The predicted octanol–water partition coefficient (Wildman–Crippen LogP) is 2.30. The van der Waals surface area contributed by atoms with E-state index >= 15 is 0 Å². The first-order valence-electron chi connectivity index (χ1n) is 8.75. The summed E-state index contributed by atoms with van der Waals surface area (Å²) in [6, 6.07) is 10.9. The van der Waals surface area contributed by atoms with Crippen LogP contribution in [0.25, 0.3) is 11.4 Å². The molecule has 0 atom stereocenters. The molecule has 1 fully saturated rings. The summed E-state index contributed by atoms with van der Waals surface area (Å²) in [7, 11) is 1.63. The van der Waals surface area contributed by atoms with Gasteiger partial charge in [-0.05, 0) is 36.4 Å². The third kappa shape index (κ3) is 3.85. The van der Waals surface area contributed by atoms with Crippen LogP contribution in [0.4, 0.5) is 0 Å². The number of piperazine rings is 1. The highest BCUT2D eigenvalue weighted by molar-refractivity contribution is 5.91. The van der Waals surface area contributed by atoms with Crippen LogP contribution in [0, 0.1) is 0 Å². The van der Waals surface area contributed by atoms with E-state index in [1.807, 2.05) is 24.3 Å². The number of methoxy groups -OCH3 is 1. The highest BCUT2D eigenvalue weighted by atomic mass is 16.5. The van der Waals surface area contributed by atoms with E-state index in [1.165, 1.54) is 6.26 Å². The molecule has 4 rings (SSSR count). The highest BCUT2D eigenvalue weighted by Gasteiger charge is 2.24. The molecule has 0 radical (unpaired) electrons. The molecule has 0 saturated carbocycles. The number of furan rings is 1. The number of rotatable bonds is 5. The standard InChI is InChI=1S/C19H20N4O4/c1-25-15-6-4-14(5-7-15)18-20-17(27-21-18)13-22-8-10-23(11-9-22)19(24)16-3-2-12-26-16/h2-7,12H,8-11,13H2,1H3. The van der Waals surface area contributed by atoms with Gasteiger partial charge in [0.2, 0.25) is 11.7 Å². The molecule has 0 unspecified atom stereocenters. The normalized spacial score (nSPS) is 15.1. The summed E-state index contributed by atoms with van der Waals surface area (Å²) in [5, 5.41) is 4.05. The van der Waals surface area contributed by atoms with Gasteiger partial charge in [-0.15, -0.1) is 0 Å². The fourth-order valence-electron chi connectivity index (χ4n) is 3.03. The molecule has 3 heterocycles. The van der Waals surface area contributed by atoms with E-state index in [-0.39, 0.29) is 5.91 Å². The number of ether oxygens (including phenoxy) is 1. The molecular weight excluding hydrogens is 348 g/mol. The van der Waals surface area contributed by atoms with Gasteiger partial charge in [0.05, 0.1) is 19.9 Å². The van der Waals surface area contributed by atoms with Crippen LogP contribution in [0.5, 0.6) is 5.75 Å². The van der Waals surface area contributed by atoms with Crippen LogP contribution < -0.4 is 4.74 Å². The highest BCUT2D eigenvalue weighted by Crippen LogP contribution is 2.20. The van der Waals surface area contributed by atoms with Gasteiger partial charge in [-0.3, -0.25) is 9.69 Å². The van der Waals surface area contributed by atoms with Crippen molar-refractivity contribution >= 4 is 5.91 Å². The van der Waals surface area contributed by atoms with Crippen LogP contribution >= 0.6 is 0 Å².